The highest BCUT2D eigenvalue weighted by molar-refractivity contribution is 5.96. The normalized spacial score (nSPS) is 16.8. The highest BCUT2D eigenvalue weighted by Gasteiger charge is 2.35. The van der Waals surface area contributed by atoms with E-state index in [1.54, 1.807) is 6.07 Å². The number of benzene rings is 1. The van der Waals surface area contributed by atoms with E-state index in [1.165, 1.54) is 16.8 Å². The number of halogens is 4. The van der Waals surface area contributed by atoms with Crippen LogP contribution in [0.5, 0.6) is 0 Å². The van der Waals surface area contributed by atoms with Crippen molar-refractivity contribution >= 4 is 5.91 Å². The molecule has 1 aromatic carbocycles. The van der Waals surface area contributed by atoms with Crippen LogP contribution in [0.25, 0.3) is 0 Å². The van der Waals surface area contributed by atoms with E-state index in [9.17, 15) is 22.4 Å². The second-order valence-electron chi connectivity index (χ2n) is 7.12. The van der Waals surface area contributed by atoms with Crippen LogP contribution in [0, 0.1) is 5.82 Å². The molecule has 144 valence electrons. The number of hydrogen-bond donors (Lipinski definition) is 1. The molecular weight excluding hydrogens is 362 g/mol. The zero-order chi connectivity index (χ0) is 19.1. The monoisotopic (exact) mass is 381 g/mol. The van der Waals surface area contributed by atoms with Gasteiger partial charge in [0.1, 0.15) is 18.2 Å². The quantitative estimate of drug-likeness (QED) is 0.714. The third-order valence-corrected chi connectivity index (χ3v) is 5.05. The van der Waals surface area contributed by atoms with E-state index in [1.807, 2.05) is 0 Å². The lowest BCUT2D eigenvalue weighted by molar-refractivity contribution is 0.0934. The summed E-state index contributed by atoms with van der Waals surface area (Å²) in [4.78, 5) is 12.6. The van der Waals surface area contributed by atoms with Gasteiger partial charge in [0.2, 0.25) is 0 Å². The Morgan fingerprint density at radius 1 is 1.26 bits per heavy atom. The van der Waals surface area contributed by atoms with Crippen molar-refractivity contribution in [3.8, 4) is 0 Å². The maximum Gasteiger partial charge on any atom is 0.282 e. The molecule has 8 heteroatoms. The van der Waals surface area contributed by atoms with Crippen molar-refractivity contribution in [2.45, 2.75) is 57.3 Å². The van der Waals surface area contributed by atoms with Gasteiger partial charge in [-0.25, -0.2) is 17.6 Å². The van der Waals surface area contributed by atoms with Gasteiger partial charge in [-0.05, 0) is 54.9 Å². The summed E-state index contributed by atoms with van der Waals surface area (Å²) in [7, 11) is 0. The molecule has 2 saturated carbocycles. The van der Waals surface area contributed by atoms with Crippen LogP contribution in [0.15, 0.2) is 18.2 Å². The van der Waals surface area contributed by atoms with Crippen LogP contribution in [-0.2, 0) is 13.2 Å². The molecule has 2 aromatic rings. The third kappa shape index (κ3) is 3.57. The van der Waals surface area contributed by atoms with Crippen molar-refractivity contribution in [1.29, 1.82) is 0 Å². The molecule has 0 saturated heterocycles. The summed E-state index contributed by atoms with van der Waals surface area (Å²) >= 11 is 0. The average molecular weight is 381 g/mol. The number of nitrogens with one attached hydrogen (secondary N) is 1. The van der Waals surface area contributed by atoms with Crippen molar-refractivity contribution in [3.63, 3.8) is 0 Å². The minimum atomic E-state index is -2.98. The van der Waals surface area contributed by atoms with Crippen LogP contribution in [0.1, 0.15) is 76.9 Å². The minimum absolute atomic E-state index is 0.00849. The van der Waals surface area contributed by atoms with Crippen molar-refractivity contribution in [2.24, 2.45) is 0 Å². The Kier molecular flexibility index (Phi) is 4.65. The first kappa shape index (κ1) is 18.0. The Hall–Kier alpha value is -2.38. The SMILES string of the molecule is O=C(NCc1cc(F)ccc1C1CC1)c1c(C(F)F)nn(C2CC2)c1CF. The molecule has 4 nitrogen and oxygen atoms in total. The Morgan fingerprint density at radius 3 is 2.59 bits per heavy atom. The van der Waals surface area contributed by atoms with E-state index in [0.717, 1.165) is 31.2 Å². The molecular formula is C19H19F4N3O. The summed E-state index contributed by atoms with van der Waals surface area (Å²) in [6, 6.07) is 4.27. The largest absolute Gasteiger partial charge is 0.348 e. The second kappa shape index (κ2) is 6.98. The van der Waals surface area contributed by atoms with Gasteiger partial charge < -0.3 is 5.32 Å². The predicted octanol–water partition coefficient (Wildman–Crippen LogP) is 4.57. The lowest BCUT2D eigenvalue weighted by Gasteiger charge is -2.11. The van der Waals surface area contributed by atoms with Crippen LogP contribution >= 0.6 is 0 Å². The van der Waals surface area contributed by atoms with Crippen LogP contribution in [0.4, 0.5) is 17.6 Å². The number of hydrogen-bond acceptors (Lipinski definition) is 2. The maximum atomic E-state index is 13.6. The molecule has 0 spiro atoms. The topological polar surface area (TPSA) is 46.9 Å². The van der Waals surface area contributed by atoms with Crippen molar-refractivity contribution in [1.82, 2.24) is 15.1 Å². The van der Waals surface area contributed by atoms with E-state index in [2.05, 4.69) is 10.4 Å². The Balaban J connectivity index is 1.59. The highest BCUT2D eigenvalue weighted by Crippen LogP contribution is 2.42. The molecule has 2 aliphatic rings. The lowest BCUT2D eigenvalue weighted by atomic mass is 10.0. The molecule has 0 atom stereocenters. The van der Waals surface area contributed by atoms with Gasteiger partial charge in [-0.3, -0.25) is 9.48 Å². The summed E-state index contributed by atoms with van der Waals surface area (Å²) in [5, 5.41) is 6.34. The first-order chi connectivity index (χ1) is 13.0. The Labute approximate surface area is 153 Å². The molecule has 0 unspecified atom stereocenters. The molecule has 1 N–H and O–H groups in total. The molecule has 0 aliphatic heterocycles. The smallest absolute Gasteiger partial charge is 0.282 e. The first-order valence-electron chi connectivity index (χ1n) is 9.01. The fourth-order valence-electron chi connectivity index (χ4n) is 3.42. The Morgan fingerprint density at radius 2 is 2.00 bits per heavy atom. The van der Waals surface area contributed by atoms with E-state index < -0.39 is 36.1 Å². The lowest BCUT2D eigenvalue weighted by Crippen LogP contribution is -2.25. The van der Waals surface area contributed by atoms with Crippen LogP contribution in [0.3, 0.4) is 0 Å². The van der Waals surface area contributed by atoms with Gasteiger partial charge in [0, 0.05) is 6.54 Å². The fourth-order valence-corrected chi connectivity index (χ4v) is 3.42. The number of alkyl halides is 3. The van der Waals surface area contributed by atoms with Crippen LogP contribution in [-0.4, -0.2) is 15.7 Å². The van der Waals surface area contributed by atoms with Gasteiger partial charge in [0.05, 0.1) is 17.3 Å². The highest BCUT2D eigenvalue weighted by atomic mass is 19.3. The van der Waals surface area contributed by atoms with E-state index in [-0.39, 0.29) is 18.3 Å². The third-order valence-electron chi connectivity index (χ3n) is 5.05. The van der Waals surface area contributed by atoms with Crippen molar-refractivity contribution in [2.75, 3.05) is 0 Å². The number of aromatic nitrogens is 2. The summed E-state index contributed by atoms with van der Waals surface area (Å²) in [6.45, 7) is -1.06. The van der Waals surface area contributed by atoms with Gasteiger partial charge >= 0.3 is 0 Å². The zero-order valence-electron chi connectivity index (χ0n) is 14.5. The minimum Gasteiger partial charge on any atom is -0.348 e. The molecule has 1 aromatic heterocycles. The number of nitrogens with zero attached hydrogens (tertiary/aromatic N) is 2. The predicted molar refractivity (Wildman–Crippen MR) is 89.8 cm³/mol. The fraction of sp³-hybridized carbons (Fsp3) is 0.474. The molecule has 1 amide bonds. The Bertz CT molecular complexity index is 872. The van der Waals surface area contributed by atoms with Gasteiger partial charge in [0.15, 0.2) is 0 Å². The molecule has 0 radical (unpaired) electrons. The van der Waals surface area contributed by atoms with Gasteiger partial charge in [-0.1, -0.05) is 6.07 Å². The van der Waals surface area contributed by atoms with Gasteiger partial charge in [-0.2, -0.15) is 5.10 Å². The molecule has 27 heavy (non-hydrogen) atoms. The summed E-state index contributed by atoms with van der Waals surface area (Å²) in [6.07, 6.45) is 0.482. The number of rotatable bonds is 7. The van der Waals surface area contributed by atoms with E-state index in [4.69, 9.17) is 0 Å². The van der Waals surface area contributed by atoms with Crippen molar-refractivity contribution < 1.29 is 22.4 Å². The molecule has 4 rings (SSSR count). The summed E-state index contributed by atoms with van der Waals surface area (Å²) in [5.41, 5.74) is 0.343. The first-order valence-corrected chi connectivity index (χ1v) is 9.01. The second-order valence-corrected chi connectivity index (χ2v) is 7.12. The van der Waals surface area contributed by atoms with E-state index >= 15 is 0 Å². The number of carbonyl (C=O) groups excluding carboxylic acids is 1. The molecule has 2 aliphatic carbocycles. The van der Waals surface area contributed by atoms with Crippen LogP contribution in [0.2, 0.25) is 0 Å². The molecule has 0 bridgehead atoms. The van der Waals surface area contributed by atoms with Crippen LogP contribution < -0.4 is 5.32 Å². The zero-order valence-corrected chi connectivity index (χ0v) is 14.5. The van der Waals surface area contributed by atoms with Gasteiger partial charge in [-0.15, -0.1) is 0 Å². The summed E-state index contributed by atoms with van der Waals surface area (Å²) in [5.74, 6) is -0.896. The number of carbonyl (C=O) groups is 1. The van der Waals surface area contributed by atoms with Crippen molar-refractivity contribution in [3.05, 3.63) is 52.1 Å². The van der Waals surface area contributed by atoms with E-state index in [0.29, 0.717) is 11.5 Å². The maximum absolute atomic E-state index is 13.6. The van der Waals surface area contributed by atoms with Gasteiger partial charge in [0.25, 0.3) is 12.3 Å². The number of amides is 1. The molecule has 1 heterocycles. The summed E-state index contributed by atoms with van der Waals surface area (Å²) < 4.78 is 55.1. The standard InChI is InChI=1S/C19H19F4N3O/c20-8-15-16(17(18(22)23)25-26(15)13-4-5-13)19(27)24-9-11-7-12(21)3-6-14(11)10-1-2-10/h3,6-7,10,13,18H,1-2,4-5,8-9H2,(H,24,27). The average Bonchev–Trinajstić information content (AvgIpc) is 3.56. The molecule has 2 fully saturated rings.